The zero-order valence-electron chi connectivity index (χ0n) is 17.8. The Balaban J connectivity index is 1.52. The second kappa shape index (κ2) is 8.03. The predicted octanol–water partition coefficient (Wildman–Crippen LogP) is 2.01. The van der Waals surface area contributed by atoms with E-state index in [4.69, 9.17) is 0 Å². The normalized spacial score (nSPS) is 15.3. The predicted molar refractivity (Wildman–Crippen MR) is 115 cm³/mol. The molecular formula is C21H29N5O3S. The first-order valence-electron chi connectivity index (χ1n) is 10.4. The molecule has 162 valence electrons. The maximum Gasteiger partial charge on any atom is 0.333 e. The lowest BCUT2D eigenvalue weighted by atomic mass is 9.99. The number of aromatic nitrogens is 2. The molecule has 2 amide bonds. The molecule has 1 aromatic carbocycles. The Labute approximate surface area is 177 Å². The molecule has 0 saturated heterocycles. The summed E-state index contributed by atoms with van der Waals surface area (Å²) in [6.07, 6.45) is 6.66. The Morgan fingerprint density at radius 2 is 1.73 bits per heavy atom. The SMILES string of the molecule is CN(C)CCc1cc(S(=O)(=O)NC(=O)Nc2c3c(cc4c2CCC4)CCC3)nn1C. The Bertz CT molecular complexity index is 1060. The van der Waals surface area contributed by atoms with Crippen molar-refractivity contribution < 1.29 is 13.2 Å². The van der Waals surface area contributed by atoms with E-state index in [9.17, 15) is 13.2 Å². The maximum absolute atomic E-state index is 12.7. The van der Waals surface area contributed by atoms with E-state index in [0.29, 0.717) is 6.42 Å². The zero-order chi connectivity index (χ0) is 21.5. The summed E-state index contributed by atoms with van der Waals surface area (Å²) >= 11 is 0. The molecule has 0 unspecified atom stereocenters. The van der Waals surface area contributed by atoms with Gasteiger partial charge in [0.1, 0.15) is 0 Å². The maximum atomic E-state index is 12.7. The largest absolute Gasteiger partial charge is 0.333 e. The van der Waals surface area contributed by atoms with Crippen LogP contribution in [0.5, 0.6) is 0 Å². The summed E-state index contributed by atoms with van der Waals surface area (Å²) in [5, 5.41) is 6.82. The smallest absolute Gasteiger partial charge is 0.309 e. The van der Waals surface area contributed by atoms with Gasteiger partial charge in [-0.05, 0) is 74.9 Å². The third-order valence-electron chi connectivity index (χ3n) is 5.98. The number of nitrogens with one attached hydrogen (secondary N) is 2. The van der Waals surface area contributed by atoms with E-state index in [0.717, 1.165) is 67.6 Å². The standard InChI is InChI=1S/C21H29N5O3S/c1-25(2)11-10-16-13-19(23-26(16)3)30(28,29)24-21(27)22-20-17-8-4-6-14(17)12-15-7-5-9-18(15)20/h12-13H,4-11H2,1-3H3,(H2,22,24,27). The number of aryl methyl sites for hydroxylation is 3. The highest BCUT2D eigenvalue weighted by atomic mass is 32.2. The summed E-state index contributed by atoms with van der Waals surface area (Å²) in [4.78, 5) is 14.7. The van der Waals surface area contributed by atoms with Crippen molar-refractivity contribution in [2.24, 2.45) is 7.05 Å². The molecule has 0 saturated carbocycles. The van der Waals surface area contributed by atoms with E-state index < -0.39 is 16.1 Å². The molecule has 9 heteroatoms. The molecule has 0 spiro atoms. The van der Waals surface area contributed by atoms with Gasteiger partial charge in [-0.3, -0.25) is 4.68 Å². The lowest BCUT2D eigenvalue weighted by molar-refractivity contribution is 0.256. The summed E-state index contributed by atoms with van der Waals surface area (Å²) in [6, 6.07) is 3.06. The van der Waals surface area contributed by atoms with Crippen LogP contribution in [0, 0.1) is 0 Å². The minimum atomic E-state index is -4.06. The Morgan fingerprint density at radius 3 is 2.33 bits per heavy atom. The molecule has 0 aliphatic heterocycles. The van der Waals surface area contributed by atoms with Crippen LogP contribution in [-0.2, 0) is 49.2 Å². The number of carbonyl (C=O) groups excluding carboxylic acids is 1. The second-order valence-corrected chi connectivity index (χ2v) is 10.1. The van der Waals surface area contributed by atoms with Gasteiger partial charge in [-0.2, -0.15) is 13.5 Å². The Morgan fingerprint density at radius 1 is 1.10 bits per heavy atom. The lowest BCUT2D eigenvalue weighted by Gasteiger charge is -2.16. The van der Waals surface area contributed by atoms with Crippen LogP contribution in [0.2, 0.25) is 0 Å². The van der Waals surface area contributed by atoms with Gasteiger partial charge in [-0.15, -0.1) is 0 Å². The van der Waals surface area contributed by atoms with Crippen LogP contribution in [0.25, 0.3) is 0 Å². The topological polar surface area (TPSA) is 96.3 Å². The van der Waals surface area contributed by atoms with Gasteiger partial charge >= 0.3 is 6.03 Å². The van der Waals surface area contributed by atoms with Crippen LogP contribution < -0.4 is 10.0 Å². The van der Waals surface area contributed by atoms with Crippen molar-refractivity contribution in [3.05, 3.63) is 40.1 Å². The van der Waals surface area contributed by atoms with Gasteiger partial charge in [-0.1, -0.05) is 6.07 Å². The van der Waals surface area contributed by atoms with Gasteiger partial charge in [0.05, 0.1) is 0 Å². The van der Waals surface area contributed by atoms with Gasteiger partial charge in [0.25, 0.3) is 10.0 Å². The summed E-state index contributed by atoms with van der Waals surface area (Å²) < 4.78 is 29.2. The molecule has 1 heterocycles. The number of hydrogen-bond acceptors (Lipinski definition) is 5. The number of nitrogens with zero attached hydrogens (tertiary/aromatic N) is 3. The highest BCUT2D eigenvalue weighted by Gasteiger charge is 2.27. The van der Waals surface area contributed by atoms with Crippen LogP contribution in [0.15, 0.2) is 17.2 Å². The van der Waals surface area contributed by atoms with Gasteiger partial charge in [0, 0.05) is 37.5 Å². The fourth-order valence-electron chi connectivity index (χ4n) is 4.46. The van der Waals surface area contributed by atoms with Crippen LogP contribution >= 0.6 is 0 Å². The van der Waals surface area contributed by atoms with Crippen molar-refractivity contribution in [1.82, 2.24) is 19.4 Å². The highest BCUT2D eigenvalue weighted by molar-refractivity contribution is 7.90. The van der Waals surface area contributed by atoms with Crippen LogP contribution in [-0.4, -0.2) is 49.8 Å². The zero-order valence-corrected chi connectivity index (χ0v) is 18.6. The van der Waals surface area contributed by atoms with E-state index in [-0.39, 0.29) is 5.03 Å². The first-order chi connectivity index (χ1) is 14.2. The number of benzene rings is 1. The number of carbonyl (C=O) groups is 1. The van der Waals surface area contributed by atoms with Crippen molar-refractivity contribution in [3.8, 4) is 0 Å². The fourth-order valence-corrected chi connectivity index (χ4v) is 5.38. The number of urea groups is 1. The van der Waals surface area contributed by atoms with Gasteiger partial charge < -0.3 is 10.2 Å². The molecule has 30 heavy (non-hydrogen) atoms. The number of sulfonamides is 1. The summed E-state index contributed by atoms with van der Waals surface area (Å²) in [5.74, 6) is 0. The lowest BCUT2D eigenvalue weighted by Crippen LogP contribution is -2.35. The van der Waals surface area contributed by atoms with Gasteiger partial charge in [0.2, 0.25) is 0 Å². The van der Waals surface area contributed by atoms with Crippen molar-refractivity contribution >= 4 is 21.7 Å². The molecule has 2 N–H and O–H groups in total. The van der Waals surface area contributed by atoms with E-state index >= 15 is 0 Å². The van der Waals surface area contributed by atoms with E-state index in [1.54, 1.807) is 11.7 Å². The third-order valence-corrected chi connectivity index (χ3v) is 7.19. The summed E-state index contributed by atoms with van der Waals surface area (Å²) in [7, 11) is 1.56. The molecule has 2 aliphatic rings. The second-order valence-electron chi connectivity index (χ2n) is 8.44. The van der Waals surface area contributed by atoms with Crippen molar-refractivity contribution in [1.29, 1.82) is 0 Å². The number of rotatable bonds is 6. The molecule has 1 aromatic heterocycles. The van der Waals surface area contributed by atoms with Gasteiger partial charge in [0.15, 0.2) is 5.03 Å². The highest BCUT2D eigenvalue weighted by Crippen LogP contribution is 2.38. The molecule has 2 aromatic rings. The number of anilines is 1. The summed E-state index contributed by atoms with van der Waals surface area (Å²) in [6.45, 7) is 0.775. The van der Waals surface area contributed by atoms with Crippen LogP contribution in [0.3, 0.4) is 0 Å². The number of fused-ring (bicyclic) bond motifs is 2. The van der Waals surface area contributed by atoms with E-state index in [1.807, 2.05) is 19.0 Å². The van der Waals surface area contributed by atoms with E-state index in [2.05, 4.69) is 21.2 Å². The molecule has 0 atom stereocenters. The first-order valence-corrected chi connectivity index (χ1v) is 11.9. The molecule has 0 bridgehead atoms. The quantitative estimate of drug-likeness (QED) is 0.729. The minimum absolute atomic E-state index is 0.141. The third kappa shape index (κ3) is 4.09. The minimum Gasteiger partial charge on any atom is -0.309 e. The Hall–Kier alpha value is -2.39. The molecular weight excluding hydrogens is 402 g/mol. The van der Waals surface area contributed by atoms with E-state index in [1.165, 1.54) is 17.2 Å². The molecule has 8 nitrogen and oxygen atoms in total. The van der Waals surface area contributed by atoms with Crippen LogP contribution in [0.1, 0.15) is 40.8 Å². The van der Waals surface area contributed by atoms with Crippen molar-refractivity contribution in [2.75, 3.05) is 26.0 Å². The van der Waals surface area contributed by atoms with Crippen molar-refractivity contribution in [2.45, 2.75) is 50.0 Å². The number of amides is 2. The number of hydrogen-bond donors (Lipinski definition) is 2. The molecule has 0 radical (unpaired) electrons. The monoisotopic (exact) mass is 431 g/mol. The summed E-state index contributed by atoms with van der Waals surface area (Å²) in [5.41, 5.74) is 6.49. The first kappa shape index (κ1) is 20.9. The van der Waals surface area contributed by atoms with Crippen molar-refractivity contribution in [3.63, 3.8) is 0 Å². The molecule has 0 fully saturated rings. The molecule has 4 rings (SSSR count). The fraction of sp³-hybridized carbons (Fsp3) is 0.524. The van der Waals surface area contributed by atoms with Crippen LogP contribution in [0.4, 0.5) is 10.5 Å². The number of likely N-dealkylation sites (N-methyl/N-ethyl adjacent to an activating group) is 1. The molecule has 2 aliphatic carbocycles. The Kier molecular flexibility index (Phi) is 5.59. The van der Waals surface area contributed by atoms with Gasteiger partial charge in [-0.25, -0.2) is 9.52 Å². The average molecular weight is 432 g/mol. The average Bonchev–Trinajstić information content (AvgIpc) is 3.38.